The topological polar surface area (TPSA) is 102 Å². The van der Waals surface area contributed by atoms with Gasteiger partial charge in [-0.3, -0.25) is 9.63 Å². The summed E-state index contributed by atoms with van der Waals surface area (Å²) >= 11 is 0. The molecule has 86 valence electrons. The van der Waals surface area contributed by atoms with Crippen LogP contribution in [-0.2, 0) is 14.4 Å². The predicted octanol–water partition coefficient (Wildman–Crippen LogP) is -0.362. The lowest BCUT2D eigenvalue weighted by molar-refractivity contribution is -0.150. The molecule has 1 rings (SSSR count). The lowest BCUT2D eigenvalue weighted by Crippen LogP contribution is -2.42. The number of nitrogens with two attached hydrogens (primary N) is 1. The minimum atomic E-state index is -1.12. The highest BCUT2D eigenvalue weighted by Gasteiger charge is 2.37. The van der Waals surface area contributed by atoms with Gasteiger partial charge in [-0.05, 0) is 24.8 Å². The van der Waals surface area contributed by atoms with E-state index in [0.29, 0.717) is 13.0 Å². The van der Waals surface area contributed by atoms with E-state index in [1.165, 1.54) is 0 Å². The van der Waals surface area contributed by atoms with Crippen LogP contribution in [0.2, 0.25) is 0 Å². The molecule has 1 amide bonds. The Bertz CT molecular complexity index is 245. The molecule has 1 aliphatic rings. The van der Waals surface area contributed by atoms with Crippen molar-refractivity contribution >= 4 is 11.9 Å². The van der Waals surface area contributed by atoms with Gasteiger partial charge in [-0.1, -0.05) is 6.42 Å². The van der Waals surface area contributed by atoms with Crippen LogP contribution in [0.4, 0.5) is 0 Å². The molecule has 1 aliphatic carbocycles. The second kappa shape index (κ2) is 5.09. The van der Waals surface area contributed by atoms with E-state index < -0.39 is 12.6 Å². The van der Waals surface area contributed by atoms with Gasteiger partial charge in [-0.2, -0.15) is 0 Å². The van der Waals surface area contributed by atoms with Crippen LogP contribution in [0.15, 0.2) is 0 Å². The van der Waals surface area contributed by atoms with Gasteiger partial charge in [0.1, 0.15) is 0 Å². The van der Waals surface area contributed by atoms with Crippen molar-refractivity contribution in [1.29, 1.82) is 0 Å². The lowest BCUT2D eigenvalue weighted by Gasteiger charge is -2.40. The largest absolute Gasteiger partial charge is 0.479 e. The number of hydrogen-bond acceptors (Lipinski definition) is 4. The van der Waals surface area contributed by atoms with Gasteiger partial charge in [0.2, 0.25) is 5.91 Å². The van der Waals surface area contributed by atoms with Gasteiger partial charge in [0.25, 0.3) is 0 Å². The first-order chi connectivity index (χ1) is 7.08. The molecule has 0 bridgehead atoms. The first-order valence-electron chi connectivity index (χ1n) is 4.90. The van der Waals surface area contributed by atoms with Crippen LogP contribution < -0.4 is 11.2 Å². The minimum absolute atomic E-state index is 0.0866. The molecule has 0 aromatic rings. The van der Waals surface area contributed by atoms with Crippen molar-refractivity contribution in [2.75, 3.05) is 13.2 Å². The van der Waals surface area contributed by atoms with Crippen molar-refractivity contribution < 1.29 is 19.5 Å². The summed E-state index contributed by atoms with van der Waals surface area (Å²) in [6, 6.07) is 0. The monoisotopic (exact) mass is 216 g/mol. The van der Waals surface area contributed by atoms with Crippen LogP contribution in [0, 0.1) is 5.41 Å². The molecule has 0 heterocycles. The molecule has 1 saturated carbocycles. The van der Waals surface area contributed by atoms with Crippen LogP contribution >= 0.6 is 0 Å². The quantitative estimate of drug-likeness (QED) is 0.526. The Labute approximate surface area is 87.7 Å². The van der Waals surface area contributed by atoms with E-state index in [1.54, 1.807) is 0 Å². The van der Waals surface area contributed by atoms with Gasteiger partial charge in [-0.15, -0.1) is 0 Å². The number of hydrogen-bond donors (Lipinski definition) is 3. The number of carboxylic acids is 1. The molecule has 0 saturated heterocycles. The van der Waals surface area contributed by atoms with E-state index in [0.717, 1.165) is 19.3 Å². The fraction of sp³-hybridized carbons (Fsp3) is 0.778. The van der Waals surface area contributed by atoms with Crippen molar-refractivity contribution in [3.05, 3.63) is 0 Å². The highest BCUT2D eigenvalue weighted by Crippen LogP contribution is 2.42. The average Bonchev–Trinajstić information content (AvgIpc) is 2.11. The fourth-order valence-corrected chi connectivity index (χ4v) is 1.68. The number of hydroxylamine groups is 1. The van der Waals surface area contributed by atoms with Crippen LogP contribution in [-0.4, -0.2) is 30.1 Å². The Morgan fingerprint density at radius 3 is 2.53 bits per heavy atom. The Hall–Kier alpha value is -1.14. The van der Waals surface area contributed by atoms with Crippen molar-refractivity contribution in [1.82, 2.24) is 5.48 Å². The molecule has 0 aliphatic heterocycles. The molecular weight excluding hydrogens is 200 g/mol. The summed E-state index contributed by atoms with van der Waals surface area (Å²) in [6.45, 7) is -0.0410. The first kappa shape index (κ1) is 11.9. The molecular formula is C9H16N2O4. The molecule has 0 radical (unpaired) electrons. The number of carboxylic acid groups (broad SMARTS) is 1. The Kier molecular flexibility index (Phi) is 4.05. The minimum Gasteiger partial charge on any atom is -0.479 e. The van der Waals surface area contributed by atoms with Crippen LogP contribution in [0.1, 0.15) is 25.7 Å². The van der Waals surface area contributed by atoms with E-state index >= 15 is 0 Å². The Balaban J connectivity index is 2.20. The number of aliphatic carboxylic acids is 1. The first-order valence-corrected chi connectivity index (χ1v) is 4.90. The molecule has 15 heavy (non-hydrogen) atoms. The number of carbonyl (C=O) groups excluding carboxylic acids is 1. The highest BCUT2D eigenvalue weighted by molar-refractivity contribution is 5.76. The highest BCUT2D eigenvalue weighted by atomic mass is 16.7. The molecule has 6 heteroatoms. The SMILES string of the molecule is NCC1(CC(=O)NOCC(=O)O)CCC1. The fourth-order valence-electron chi connectivity index (χ4n) is 1.68. The second-order valence-electron chi connectivity index (χ2n) is 3.94. The number of rotatable bonds is 6. The second-order valence-corrected chi connectivity index (χ2v) is 3.94. The summed E-state index contributed by atoms with van der Waals surface area (Å²) in [5, 5.41) is 8.27. The number of amides is 1. The standard InChI is InChI=1S/C9H16N2O4/c10-6-9(2-1-3-9)4-7(12)11-15-5-8(13)14/h1-6,10H2,(H,11,12)(H,13,14). The van der Waals surface area contributed by atoms with Gasteiger partial charge < -0.3 is 10.8 Å². The zero-order chi connectivity index (χ0) is 11.3. The molecule has 0 atom stereocenters. The van der Waals surface area contributed by atoms with Crippen molar-refractivity contribution in [2.45, 2.75) is 25.7 Å². The van der Waals surface area contributed by atoms with Gasteiger partial charge in [0, 0.05) is 6.42 Å². The zero-order valence-electron chi connectivity index (χ0n) is 8.49. The third-order valence-electron chi connectivity index (χ3n) is 2.76. The number of carbonyl (C=O) groups is 2. The lowest BCUT2D eigenvalue weighted by atomic mass is 9.66. The molecule has 6 nitrogen and oxygen atoms in total. The molecule has 0 unspecified atom stereocenters. The smallest absolute Gasteiger partial charge is 0.332 e. The van der Waals surface area contributed by atoms with Gasteiger partial charge in [0.05, 0.1) is 0 Å². The van der Waals surface area contributed by atoms with E-state index in [2.05, 4.69) is 10.3 Å². The van der Waals surface area contributed by atoms with Crippen molar-refractivity contribution in [3.8, 4) is 0 Å². The maximum absolute atomic E-state index is 11.3. The van der Waals surface area contributed by atoms with Crippen LogP contribution in [0.3, 0.4) is 0 Å². The number of nitrogens with one attached hydrogen (secondary N) is 1. The Morgan fingerprint density at radius 1 is 1.47 bits per heavy atom. The van der Waals surface area contributed by atoms with Crippen LogP contribution in [0.25, 0.3) is 0 Å². The summed E-state index contributed by atoms with van der Waals surface area (Å²) in [5.74, 6) is -1.42. The van der Waals surface area contributed by atoms with E-state index in [1.807, 2.05) is 0 Å². The molecule has 1 fully saturated rings. The summed E-state index contributed by atoms with van der Waals surface area (Å²) < 4.78 is 0. The molecule has 4 N–H and O–H groups in total. The van der Waals surface area contributed by atoms with E-state index in [-0.39, 0.29) is 11.3 Å². The predicted molar refractivity (Wildman–Crippen MR) is 51.7 cm³/mol. The molecule has 0 aromatic carbocycles. The average molecular weight is 216 g/mol. The third kappa shape index (κ3) is 3.49. The van der Waals surface area contributed by atoms with E-state index in [4.69, 9.17) is 10.8 Å². The maximum Gasteiger partial charge on any atom is 0.332 e. The van der Waals surface area contributed by atoms with E-state index in [9.17, 15) is 9.59 Å². The van der Waals surface area contributed by atoms with Gasteiger partial charge in [-0.25, -0.2) is 10.3 Å². The summed E-state index contributed by atoms with van der Waals surface area (Å²) in [7, 11) is 0. The van der Waals surface area contributed by atoms with Crippen LogP contribution in [0.5, 0.6) is 0 Å². The Morgan fingerprint density at radius 2 is 2.13 bits per heavy atom. The van der Waals surface area contributed by atoms with Crippen molar-refractivity contribution in [3.63, 3.8) is 0 Å². The normalized spacial score (nSPS) is 17.9. The third-order valence-corrected chi connectivity index (χ3v) is 2.76. The summed E-state index contributed by atoms with van der Waals surface area (Å²) in [6.07, 6.45) is 3.31. The summed E-state index contributed by atoms with van der Waals surface area (Å²) in [5.41, 5.74) is 7.59. The van der Waals surface area contributed by atoms with Crippen molar-refractivity contribution in [2.24, 2.45) is 11.1 Å². The molecule has 0 spiro atoms. The zero-order valence-corrected chi connectivity index (χ0v) is 8.49. The summed E-state index contributed by atoms with van der Waals surface area (Å²) in [4.78, 5) is 25.9. The van der Waals surface area contributed by atoms with Gasteiger partial charge >= 0.3 is 5.97 Å². The maximum atomic E-state index is 11.3. The molecule has 0 aromatic heterocycles. The van der Waals surface area contributed by atoms with Gasteiger partial charge in [0.15, 0.2) is 6.61 Å².